The molecule has 1 fully saturated rings. The van der Waals surface area contributed by atoms with Crippen molar-refractivity contribution in [3.63, 3.8) is 0 Å². The van der Waals surface area contributed by atoms with Crippen LogP contribution in [0.4, 0.5) is 0 Å². The van der Waals surface area contributed by atoms with Crippen LogP contribution >= 0.6 is 0 Å². The van der Waals surface area contributed by atoms with Crippen LogP contribution in [0.5, 0.6) is 5.75 Å². The van der Waals surface area contributed by atoms with Crippen LogP contribution in [0, 0.1) is 5.92 Å². The minimum Gasteiger partial charge on any atom is -0.496 e. The maximum atomic E-state index is 12.5. The van der Waals surface area contributed by atoms with Crippen molar-refractivity contribution in [2.75, 3.05) is 40.3 Å². The van der Waals surface area contributed by atoms with Crippen LogP contribution in [0.1, 0.15) is 31.7 Å². The molecule has 1 aromatic rings. The van der Waals surface area contributed by atoms with Crippen molar-refractivity contribution < 1.29 is 14.3 Å². The van der Waals surface area contributed by atoms with Crippen molar-refractivity contribution >= 4 is 11.8 Å². The monoisotopic (exact) mass is 361 g/mol. The van der Waals surface area contributed by atoms with E-state index in [1.165, 1.54) is 0 Å². The van der Waals surface area contributed by atoms with E-state index in [0.717, 1.165) is 50.2 Å². The Balaban J connectivity index is 1.78. The third-order valence-electron chi connectivity index (χ3n) is 4.89. The molecule has 2 amide bonds. The summed E-state index contributed by atoms with van der Waals surface area (Å²) in [4.78, 5) is 28.5. The maximum absolute atomic E-state index is 12.5. The van der Waals surface area contributed by atoms with Crippen LogP contribution in [0.2, 0.25) is 0 Å². The van der Waals surface area contributed by atoms with Gasteiger partial charge in [-0.1, -0.05) is 25.1 Å². The van der Waals surface area contributed by atoms with E-state index in [-0.39, 0.29) is 17.7 Å². The maximum Gasteiger partial charge on any atom is 0.236 e. The number of benzene rings is 1. The summed E-state index contributed by atoms with van der Waals surface area (Å²) in [5.74, 6) is 1.13. The molecular weight excluding hydrogens is 330 g/mol. The van der Waals surface area contributed by atoms with Crippen molar-refractivity contribution in [3.05, 3.63) is 29.8 Å². The minimum atomic E-state index is 0.0826. The van der Waals surface area contributed by atoms with E-state index in [0.29, 0.717) is 13.1 Å². The smallest absolute Gasteiger partial charge is 0.236 e. The van der Waals surface area contributed by atoms with Gasteiger partial charge in [-0.2, -0.15) is 0 Å². The SMILES string of the molecule is CCCNC(=O)C1CCN(CC(=O)N(C)Cc2ccccc2OC)CC1. The molecule has 144 valence electrons. The first-order valence-corrected chi connectivity index (χ1v) is 9.41. The first kappa shape index (κ1) is 20.2. The Hall–Kier alpha value is -2.08. The second kappa shape index (κ2) is 10.2. The summed E-state index contributed by atoms with van der Waals surface area (Å²) in [6.07, 6.45) is 2.59. The molecule has 0 aliphatic carbocycles. The van der Waals surface area contributed by atoms with Crippen molar-refractivity contribution in [1.82, 2.24) is 15.1 Å². The molecule has 1 N–H and O–H groups in total. The molecule has 1 aliphatic heterocycles. The molecular formula is C20H31N3O3. The number of para-hydroxylation sites is 1. The van der Waals surface area contributed by atoms with Gasteiger partial charge in [-0.05, 0) is 38.4 Å². The molecule has 6 nitrogen and oxygen atoms in total. The number of rotatable bonds is 8. The number of carbonyl (C=O) groups excluding carboxylic acids is 2. The third kappa shape index (κ3) is 5.73. The van der Waals surface area contributed by atoms with Gasteiger partial charge in [0.15, 0.2) is 0 Å². The van der Waals surface area contributed by atoms with Crippen molar-refractivity contribution in [3.8, 4) is 5.75 Å². The Morgan fingerprint density at radius 2 is 1.96 bits per heavy atom. The molecule has 0 bridgehead atoms. The van der Waals surface area contributed by atoms with Gasteiger partial charge >= 0.3 is 0 Å². The lowest BCUT2D eigenvalue weighted by Crippen LogP contribution is -2.44. The molecule has 6 heteroatoms. The molecule has 1 saturated heterocycles. The van der Waals surface area contributed by atoms with Crippen LogP contribution in [-0.2, 0) is 16.1 Å². The predicted molar refractivity (Wildman–Crippen MR) is 102 cm³/mol. The van der Waals surface area contributed by atoms with Gasteiger partial charge in [0, 0.05) is 31.6 Å². The Labute approximate surface area is 156 Å². The number of amides is 2. The first-order valence-electron chi connectivity index (χ1n) is 9.41. The molecule has 0 aromatic heterocycles. The lowest BCUT2D eigenvalue weighted by Gasteiger charge is -2.32. The number of methoxy groups -OCH3 is 1. The fourth-order valence-corrected chi connectivity index (χ4v) is 3.24. The quantitative estimate of drug-likeness (QED) is 0.768. The summed E-state index contributed by atoms with van der Waals surface area (Å²) in [6, 6.07) is 7.75. The Bertz CT molecular complexity index is 598. The largest absolute Gasteiger partial charge is 0.496 e. The molecule has 1 aliphatic rings. The number of carbonyl (C=O) groups is 2. The van der Waals surface area contributed by atoms with Crippen LogP contribution in [0.15, 0.2) is 24.3 Å². The number of likely N-dealkylation sites (N-methyl/N-ethyl adjacent to an activating group) is 1. The topological polar surface area (TPSA) is 61.9 Å². The van der Waals surface area contributed by atoms with E-state index in [4.69, 9.17) is 4.74 Å². The zero-order valence-corrected chi connectivity index (χ0v) is 16.2. The second-order valence-corrected chi connectivity index (χ2v) is 6.90. The van der Waals surface area contributed by atoms with Gasteiger partial charge in [0.2, 0.25) is 11.8 Å². The number of nitrogens with zero attached hydrogens (tertiary/aromatic N) is 2. The van der Waals surface area contributed by atoms with E-state index in [2.05, 4.69) is 17.1 Å². The lowest BCUT2D eigenvalue weighted by molar-refractivity contribution is -0.132. The summed E-state index contributed by atoms with van der Waals surface area (Å²) >= 11 is 0. The van der Waals surface area contributed by atoms with Crippen LogP contribution in [0.25, 0.3) is 0 Å². The third-order valence-corrected chi connectivity index (χ3v) is 4.89. The summed E-state index contributed by atoms with van der Waals surface area (Å²) in [6.45, 7) is 5.30. The summed E-state index contributed by atoms with van der Waals surface area (Å²) in [5.41, 5.74) is 0.997. The summed E-state index contributed by atoms with van der Waals surface area (Å²) in [7, 11) is 3.46. The van der Waals surface area contributed by atoms with E-state index in [9.17, 15) is 9.59 Å². The van der Waals surface area contributed by atoms with Crippen LogP contribution in [-0.4, -0.2) is 62.0 Å². The number of hydrogen-bond donors (Lipinski definition) is 1. The number of likely N-dealkylation sites (tertiary alicyclic amines) is 1. The normalized spacial score (nSPS) is 15.5. The number of hydrogen-bond acceptors (Lipinski definition) is 4. The van der Waals surface area contributed by atoms with Gasteiger partial charge in [0.25, 0.3) is 0 Å². The molecule has 0 spiro atoms. The zero-order chi connectivity index (χ0) is 18.9. The van der Waals surface area contributed by atoms with Gasteiger partial charge < -0.3 is 15.0 Å². The van der Waals surface area contributed by atoms with Gasteiger partial charge in [0.05, 0.1) is 13.7 Å². The molecule has 1 aromatic carbocycles. The number of ether oxygens (including phenoxy) is 1. The zero-order valence-electron chi connectivity index (χ0n) is 16.2. The van der Waals surface area contributed by atoms with Gasteiger partial charge in [-0.25, -0.2) is 0 Å². The van der Waals surface area contributed by atoms with Crippen molar-refractivity contribution in [2.24, 2.45) is 5.92 Å². The summed E-state index contributed by atoms with van der Waals surface area (Å²) in [5, 5.41) is 2.97. The molecule has 1 heterocycles. The van der Waals surface area contributed by atoms with E-state index < -0.39 is 0 Å². The summed E-state index contributed by atoms with van der Waals surface area (Å²) < 4.78 is 5.35. The predicted octanol–water partition coefficient (Wildman–Crippen LogP) is 1.89. The minimum absolute atomic E-state index is 0.0826. The molecule has 2 rings (SSSR count). The van der Waals surface area contributed by atoms with E-state index in [1.807, 2.05) is 31.3 Å². The molecule has 0 saturated carbocycles. The lowest BCUT2D eigenvalue weighted by atomic mass is 9.96. The average Bonchev–Trinajstić information content (AvgIpc) is 2.67. The van der Waals surface area contributed by atoms with Gasteiger partial charge in [-0.3, -0.25) is 14.5 Å². The highest BCUT2D eigenvalue weighted by Crippen LogP contribution is 2.20. The average molecular weight is 361 g/mol. The van der Waals surface area contributed by atoms with Gasteiger partial charge in [0.1, 0.15) is 5.75 Å². The van der Waals surface area contributed by atoms with Gasteiger partial charge in [-0.15, -0.1) is 0 Å². The molecule has 0 unspecified atom stereocenters. The van der Waals surface area contributed by atoms with E-state index in [1.54, 1.807) is 12.0 Å². The first-order chi connectivity index (χ1) is 12.5. The van der Waals surface area contributed by atoms with Crippen LogP contribution < -0.4 is 10.1 Å². The standard InChI is InChI=1S/C20H31N3O3/c1-4-11-21-20(25)16-9-12-23(13-10-16)15-19(24)22(2)14-17-7-5-6-8-18(17)26-3/h5-8,16H,4,9-15H2,1-3H3,(H,21,25). The van der Waals surface area contributed by atoms with Crippen molar-refractivity contribution in [1.29, 1.82) is 0 Å². The highest BCUT2D eigenvalue weighted by molar-refractivity contribution is 5.79. The van der Waals surface area contributed by atoms with Crippen LogP contribution in [0.3, 0.4) is 0 Å². The molecule has 0 atom stereocenters. The molecule has 26 heavy (non-hydrogen) atoms. The van der Waals surface area contributed by atoms with E-state index >= 15 is 0 Å². The Morgan fingerprint density at radius 3 is 2.62 bits per heavy atom. The fraction of sp³-hybridized carbons (Fsp3) is 0.600. The highest BCUT2D eigenvalue weighted by Gasteiger charge is 2.26. The second-order valence-electron chi connectivity index (χ2n) is 6.90. The Morgan fingerprint density at radius 1 is 1.27 bits per heavy atom. The fourth-order valence-electron chi connectivity index (χ4n) is 3.24. The number of piperidine rings is 1. The highest BCUT2D eigenvalue weighted by atomic mass is 16.5. The molecule has 0 radical (unpaired) electrons. The van der Waals surface area contributed by atoms with Crippen molar-refractivity contribution in [2.45, 2.75) is 32.7 Å². The number of nitrogens with one attached hydrogen (secondary N) is 1. The Kier molecular flexibility index (Phi) is 7.91.